The van der Waals surface area contributed by atoms with E-state index in [1.807, 2.05) is 118 Å². The molecule has 15 rings (SSSR count). The molecule has 2 heterocycles. The first-order valence-electron chi connectivity index (χ1n) is 46.0. The number of hydrogen-bond acceptors (Lipinski definition) is 12. The fraction of sp³-hybridized carbons (Fsp3) is 0.382. The number of nitrogens with zero attached hydrogens (tertiary/aromatic N) is 4. The minimum Gasteiger partial charge on any atom is -0.456 e. The van der Waals surface area contributed by atoms with Crippen molar-refractivity contribution in [1.29, 1.82) is 0 Å². The molecule has 0 aromatic heterocycles. The van der Waals surface area contributed by atoms with E-state index in [4.69, 9.17) is 18.9 Å². The minimum atomic E-state index is -1.43. The molecule has 2 N–H and O–H groups in total. The fourth-order valence-electron chi connectivity index (χ4n) is 20.0. The van der Waals surface area contributed by atoms with Crippen molar-refractivity contribution >= 4 is 113 Å². The largest absolute Gasteiger partial charge is 0.456 e. The molecule has 0 radical (unpaired) electrons. The topological polar surface area (TPSA) is 210 Å². The van der Waals surface area contributed by atoms with E-state index in [2.05, 4.69) is 103 Å². The van der Waals surface area contributed by atoms with Crippen LogP contribution >= 0.6 is 0 Å². The number of ether oxygens (including phenoxy) is 4. The van der Waals surface area contributed by atoms with Gasteiger partial charge in [-0.2, -0.15) is 0 Å². The van der Waals surface area contributed by atoms with Gasteiger partial charge in [0.1, 0.15) is 58.1 Å². The van der Waals surface area contributed by atoms with Crippen molar-refractivity contribution < 1.29 is 57.3 Å². The maximum Gasteiger partial charge on any atom is 0.262 e. The van der Waals surface area contributed by atoms with E-state index >= 15 is 28.8 Å². The lowest BCUT2D eigenvalue weighted by Crippen LogP contribution is -2.59. The van der Waals surface area contributed by atoms with Crippen LogP contribution in [0.4, 0.5) is 22.7 Å². The first-order valence-corrected chi connectivity index (χ1v) is 46.0. The number of fused-ring (bicyclic) bond motifs is 2. The average Bonchev–Trinajstić information content (AvgIpc) is 0.668. The number of nitrogens with one attached hydrogen (secondary N) is 2. The van der Waals surface area contributed by atoms with Crippen molar-refractivity contribution in [2.24, 2.45) is 23.7 Å². The van der Waals surface area contributed by atoms with Crippen molar-refractivity contribution in [3.63, 3.8) is 0 Å². The second-order valence-corrected chi connectivity index (χ2v) is 38.4. The summed E-state index contributed by atoms with van der Waals surface area (Å²) in [6, 6.07) is 40.8. The van der Waals surface area contributed by atoms with Gasteiger partial charge in [0.2, 0.25) is 0 Å². The quantitative estimate of drug-likeness (QED) is 0.0203. The number of benzene rings is 11. The van der Waals surface area contributed by atoms with Crippen LogP contribution in [0.3, 0.4) is 0 Å². The molecular formula is C110H122N6O12. The van der Waals surface area contributed by atoms with Gasteiger partial charge in [-0.3, -0.25) is 48.2 Å². The molecule has 11 aromatic rings. The van der Waals surface area contributed by atoms with E-state index in [1.54, 1.807) is 96.4 Å². The van der Waals surface area contributed by atoms with Gasteiger partial charge in [-0.15, -0.1) is 0 Å². The molecule has 0 saturated heterocycles. The summed E-state index contributed by atoms with van der Waals surface area (Å²) in [5, 5.41) is 8.14. The van der Waals surface area contributed by atoms with Crippen LogP contribution in [0.25, 0.3) is 43.1 Å². The van der Waals surface area contributed by atoms with E-state index in [9.17, 15) is 9.59 Å². The number of aryl methyl sites for hydroxylation is 4. The highest BCUT2D eigenvalue weighted by atomic mass is 16.5. The summed E-state index contributed by atoms with van der Waals surface area (Å²) in [4.78, 5) is 136. The molecule has 4 atom stereocenters. The van der Waals surface area contributed by atoms with Crippen LogP contribution in [-0.4, -0.2) is 81.2 Å². The van der Waals surface area contributed by atoms with E-state index in [1.165, 1.54) is 9.80 Å². The van der Waals surface area contributed by atoms with E-state index in [0.29, 0.717) is 78.1 Å². The number of carbonyl (C=O) groups is 8. The van der Waals surface area contributed by atoms with Crippen LogP contribution in [-0.2, 0) is 19.2 Å². The fourth-order valence-corrected chi connectivity index (χ4v) is 20.0. The maximum absolute atomic E-state index is 17.6. The van der Waals surface area contributed by atoms with Crippen LogP contribution in [0.1, 0.15) is 285 Å². The third-order valence-electron chi connectivity index (χ3n) is 27.2. The zero-order valence-electron chi connectivity index (χ0n) is 78.0. The van der Waals surface area contributed by atoms with Gasteiger partial charge in [-0.25, -0.2) is 0 Å². The molecule has 2 saturated carbocycles. The summed E-state index contributed by atoms with van der Waals surface area (Å²) < 4.78 is 30.9. The smallest absolute Gasteiger partial charge is 0.262 e. The van der Waals surface area contributed by atoms with Crippen molar-refractivity contribution in [1.82, 2.24) is 9.80 Å². The molecule has 0 spiro atoms. The summed E-state index contributed by atoms with van der Waals surface area (Å²) in [5.74, 6) is -3.72. The molecular weight excluding hydrogens is 1600 g/mol. The first-order chi connectivity index (χ1) is 60.9. The number of anilines is 4. The highest BCUT2D eigenvalue weighted by molar-refractivity contribution is 6.45. The second-order valence-electron chi connectivity index (χ2n) is 38.4. The van der Waals surface area contributed by atoms with Gasteiger partial charge in [0.05, 0.1) is 22.3 Å². The molecule has 11 aromatic carbocycles. The minimum absolute atomic E-state index is 0.0334. The lowest BCUT2D eigenvalue weighted by Gasteiger charge is -2.43. The molecule has 8 amide bonds. The van der Waals surface area contributed by atoms with Gasteiger partial charge in [-0.05, 0) is 246 Å². The number of rotatable bonds is 28. The monoisotopic (exact) mass is 1720 g/mol. The Labute approximate surface area is 753 Å². The Kier molecular flexibility index (Phi) is 25.7. The molecule has 128 heavy (non-hydrogen) atoms. The highest BCUT2D eigenvalue weighted by Crippen LogP contribution is 2.60. The molecule has 664 valence electrons. The number of imide groups is 2. The van der Waals surface area contributed by atoms with Crippen LogP contribution in [0.5, 0.6) is 46.0 Å². The standard InChI is InChI=1S/C110H122N6O12/c1-57(2)73-39-43-85(65(17)47-73)125-89-53-81-93-82(106(120)115(105(81)119)101(69(21)71-31-25-23-26-32-71)109(123)113(63(13)14)79-37-29-35-77(51-79)111-103(117)61(9)10)55-91(127-87-45-41-75(59(5)6)49-67(87)19)97-98-92(128-88-46-42-76(60(7)8)50-68(88)20)56-84-94-83(54-90(96(100(94)98)95(89)99(93)97)126-86-44-40-74(58(3)4)48-66(86)18)107(121)116(108(84)122)102(70(22)72-33-27-24-28-34-72)110(124)114(64(15)16)80-38-30-36-78(52-80)112-104(118)62(11)12/h29-30,35-60,63-64,69-72,101-102H,9,11,23-28,31-34H2,1-8,10,12-22H3,(H,111,117)(H,112,118). The summed E-state index contributed by atoms with van der Waals surface area (Å²) in [6.45, 7) is 47.3. The molecule has 2 fully saturated rings. The highest BCUT2D eigenvalue weighted by Gasteiger charge is 2.52. The molecule has 4 aliphatic rings. The Balaban J connectivity index is 1.10. The summed E-state index contributed by atoms with van der Waals surface area (Å²) >= 11 is 0. The van der Waals surface area contributed by atoms with Crippen LogP contribution in [0, 0.1) is 51.4 Å². The molecule has 18 heteroatoms. The summed E-state index contributed by atoms with van der Waals surface area (Å²) in [5.41, 5.74) is 9.58. The third-order valence-corrected chi connectivity index (χ3v) is 27.2. The zero-order chi connectivity index (χ0) is 91.8. The van der Waals surface area contributed by atoms with Crippen LogP contribution in [0.15, 0.2) is 170 Å². The van der Waals surface area contributed by atoms with Gasteiger partial charge < -0.3 is 39.4 Å². The summed E-state index contributed by atoms with van der Waals surface area (Å²) in [6.07, 6.45) is 8.49. The molecule has 4 unspecified atom stereocenters. The average molecular weight is 1720 g/mol. The Bertz CT molecular complexity index is 5720. The van der Waals surface area contributed by atoms with Crippen LogP contribution in [0.2, 0.25) is 0 Å². The maximum atomic E-state index is 17.6. The predicted molar refractivity (Wildman–Crippen MR) is 514 cm³/mol. The lowest BCUT2D eigenvalue weighted by atomic mass is 9.75. The van der Waals surface area contributed by atoms with Gasteiger partial charge in [0, 0.05) is 89.1 Å². The Hall–Kier alpha value is -12.4. The van der Waals surface area contributed by atoms with Crippen molar-refractivity contribution in [3.05, 3.63) is 237 Å². The predicted octanol–water partition coefficient (Wildman–Crippen LogP) is 26.9. The van der Waals surface area contributed by atoms with Crippen LogP contribution < -0.4 is 39.4 Å². The SMILES string of the molecule is C=C(C)C(=O)Nc1cccc(N(C(=O)C(C(C)C2CCCCC2)N2C(=O)c3cc(Oc4ccc(C(C)C)cc4C)c4c5c(Oc6ccc(C(C)C)cc6C)cc6c7c(cc(Oc8ccc(C(C)C)cc8C)c(c8c(Oc9ccc(C(C)C)cc9C)cc(c3c48)C2=O)c75)C(=O)N(C(C(=O)N(c2cccc(NC(=O)C(=C)C)c2)C(C)C)C(C)C2CCCCC2)C6=O)C(C)C)c1. The Morgan fingerprint density at radius 2 is 0.609 bits per heavy atom. The van der Waals surface area contributed by atoms with Crippen molar-refractivity contribution in [3.8, 4) is 46.0 Å². The van der Waals surface area contributed by atoms with Gasteiger partial charge in [-0.1, -0.05) is 207 Å². The van der Waals surface area contributed by atoms with Gasteiger partial charge in [0.25, 0.3) is 47.3 Å². The summed E-state index contributed by atoms with van der Waals surface area (Å²) in [7, 11) is 0. The first kappa shape index (κ1) is 90.4. The van der Waals surface area contributed by atoms with E-state index < -0.39 is 83.3 Å². The van der Waals surface area contributed by atoms with E-state index in [-0.39, 0.29) is 103 Å². The normalized spacial score (nSPS) is 15.5. The molecule has 18 nitrogen and oxygen atoms in total. The molecule has 2 aliphatic carbocycles. The lowest BCUT2D eigenvalue weighted by molar-refractivity contribution is -0.125. The van der Waals surface area contributed by atoms with Gasteiger partial charge >= 0.3 is 0 Å². The molecule has 2 aliphatic heterocycles. The van der Waals surface area contributed by atoms with Crippen molar-refractivity contribution in [2.75, 3.05) is 20.4 Å². The third kappa shape index (κ3) is 16.9. The zero-order valence-corrected chi connectivity index (χ0v) is 78.0. The number of hydrogen-bond donors (Lipinski definition) is 2. The Morgan fingerprint density at radius 1 is 0.344 bits per heavy atom. The molecule has 0 bridgehead atoms. The number of amides is 8. The second kappa shape index (κ2) is 36.4. The van der Waals surface area contributed by atoms with Gasteiger partial charge in [0.15, 0.2) is 0 Å². The Morgan fingerprint density at radius 3 is 0.844 bits per heavy atom. The van der Waals surface area contributed by atoms with E-state index in [0.717, 1.165) is 109 Å². The van der Waals surface area contributed by atoms with Crippen molar-refractivity contribution in [2.45, 2.75) is 251 Å². The number of carbonyl (C=O) groups excluding carboxylic acids is 8.